The van der Waals surface area contributed by atoms with E-state index >= 15 is 0 Å². The van der Waals surface area contributed by atoms with Crippen molar-refractivity contribution in [3.05, 3.63) is 198 Å². The Morgan fingerprint density at radius 1 is 0.266 bits per heavy atom. The monoisotopic (exact) mass is 1270 g/mol. The molecular weight excluding hydrogens is 1160 g/mol. The Morgan fingerprint density at radius 3 is 1.03 bits per heavy atom. The van der Waals surface area contributed by atoms with Crippen LogP contribution in [0.2, 0.25) is 0 Å². The van der Waals surface area contributed by atoms with Gasteiger partial charge in [-0.2, -0.15) is 0 Å². The zero-order chi connectivity index (χ0) is 78.9. The Bertz CT molecular complexity index is 4730. The standard InChI is InChI=1S/C24H23BO2.C16H19BO2.C14H21BO2.C13H19BO2.C12H17BO2/c1-23(2)24(3,4)27-25(26-23)16-13-14-21-19-11-6-5-9-17(19)18-10-7-8-12-20(18)22(21)15-16;1-15(2)16(3,4)19-17(18-15)14-11-7-9-12-8-5-6-10-13(12)14;1-10-8-7-9-11(2)12(10)15-16-13(3,4)14(5,6)17-15;1-10-6-8-11(9-7-10)14-15-12(2,3)13(4,5)16-14;1-11(2)12(3,4)15-13(14-11)10-8-6-5-7-9-10/h5-15H,1-4H3;5-11H,1-4H3;7-9H,1-6H3;6-9H,1-5H3;5-9H,1-4H3/i;5D,6D,7D,8D,9D,10D,11D;;;5D,6D,7D,8D,9D. The molecule has 5 aliphatic rings. The van der Waals surface area contributed by atoms with Crippen LogP contribution in [0.5, 0.6) is 0 Å². The Hall–Kier alpha value is -6.06. The van der Waals surface area contributed by atoms with Crippen LogP contribution in [0.4, 0.5) is 0 Å². The largest absolute Gasteiger partial charge is 0.495 e. The van der Waals surface area contributed by atoms with Gasteiger partial charge in [0.15, 0.2) is 0 Å². The fourth-order valence-corrected chi connectivity index (χ4v) is 11.2. The van der Waals surface area contributed by atoms with Gasteiger partial charge < -0.3 is 46.5 Å². The summed E-state index contributed by atoms with van der Waals surface area (Å²) in [6.07, 6.45) is 0. The molecule has 0 spiro atoms. The molecule has 9 aromatic rings. The van der Waals surface area contributed by atoms with Gasteiger partial charge in [0.05, 0.1) is 72.5 Å². The molecule has 5 heterocycles. The van der Waals surface area contributed by atoms with Crippen molar-refractivity contribution in [3.8, 4) is 0 Å². The molecule has 15 heteroatoms. The lowest BCUT2D eigenvalue weighted by molar-refractivity contribution is 0.00578. The van der Waals surface area contributed by atoms with Crippen LogP contribution >= 0.6 is 0 Å². The topological polar surface area (TPSA) is 92.3 Å². The molecule has 0 N–H and O–H groups in total. The van der Waals surface area contributed by atoms with Gasteiger partial charge in [-0.25, -0.2) is 0 Å². The van der Waals surface area contributed by atoms with Crippen molar-refractivity contribution in [2.75, 3.05) is 0 Å². The molecule has 0 amide bonds. The quantitative estimate of drug-likeness (QED) is 0.123. The van der Waals surface area contributed by atoms with Gasteiger partial charge in [0.25, 0.3) is 0 Å². The van der Waals surface area contributed by atoms with E-state index in [-0.39, 0.29) is 113 Å². The van der Waals surface area contributed by atoms with Gasteiger partial charge >= 0.3 is 35.6 Å². The molecule has 5 fully saturated rings. The molecule has 10 nitrogen and oxygen atoms in total. The van der Waals surface area contributed by atoms with Crippen molar-refractivity contribution in [1.82, 2.24) is 0 Å². The highest BCUT2D eigenvalue weighted by molar-refractivity contribution is 6.65. The molecular formula is C79H99B5O10. The van der Waals surface area contributed by atoms with E-state index in [9.17, 15) is 0 Å². The first-order valence-corrected chi connectivity index (χ1v) is 32.5. The van der Waals surface area contributed by atoms with E-state index in [4.69, 9.17) is 63.0 Å². The van der Waals surface area contributed by atoms with E-state index in [1.165, 1.54) is 54.5 Å². The maximum absolute atomic E-state index is 8.31. The lowest BCUT2D eigenvalue weighted by Crippen LogP contribution is -2.41. The number of fused-ring (bicyclic) bond motifs is 7. The molecule has 0 saturated carbocycles. The van der Waals surface area contributed by atoms with Crippen molar-refractivity contribution in [3.63, 3.8) is 0 Å². The summed E-state index contributed by atoms with van der Waals surface area (Å²) in [5, 5.41) is 7.55. The lowest BCUT2D eigenvalue weighted by atomic mass is 9.73. The summed E-state index contributed by atoms with van der Waals surface area (Å²) in [6.45, 7) is 46.0. The van der Waals surface area contributed by atoms with Gasteiger partial charge in [-0.3, -0.25) is 0 Å². The number of rotatable bonds is 5. The summed E-state index contributed by atoms with van der Waals surface area (Å²) in [6, 6.07) is 33.8. The first kappa shape index (κ1) is 56.0. The number of aryl methyl sites for hydroxylation is 3. The van der Waals surface area contributed by atoms with Crippen molar-refractivity contribution >= 4 is 106 Å². The van der Waals surface area contributed by atoms with Gasteiger partial charge in [-0.15, -0.1) is 0 Å². The van der Waals surface area contributed by atoms with E-state index in [0.29, 0.717) is 0 Å². The molecule has 0 bridgehead atoms. The van der Waals surface area contributed by atoms with Gasteiger partial charge in [-0.05, 0) is 230 Å². The van der Waals surface area contributed by atoms with Crippen LogP contribution in [-0.4, -0.2) is 91.6 Å². The van der Waals surface area contributed by atoms with Crippen LogP contribution < -0.4 is 27.3 Å². The average molecular weight is 1270 g/mol. The fraction of sp³-hybridized carbons (Fsp3) is 0.418. The average Bonchev–Trinajstić information content (AvgIpc) is 1.10. The minimum atomic E-state index is -1.07. The molecule has 0 unspecified atom stereocenters. The molecule has 0 aliphatic carbocycles. The van der Waals surface area contributed by atoms with Crippen LogP contribution in [0.3, 0.4) is 0 Å². The van der Waals surface area contributed by atoms with Gasteiger partial charge in [0.2, 0.25) is 0 Å². The second-order valence-corrected chi connectivity index (χ2v) is 30.1. The summed E-state index contributed by atoms with van der Waals surface area (Å²) >= 11 is 0. The van der Waals surface area contributed by atoms with Crippen LogP contribution in [0, 0.1) is 20.8 Å². The third-order valence-corrected chi connectivity index (χ3v) is 20.8. The second-order valence-electron chi connectivity index (χ2n) is 30.1. The molecule has 9 aromatic carbocycles. The smallest absolute Gasteiger partial charge is 0.399 e. The zero-order valence-corrected chi connectivity index (χ0v) is 59.4. The lowest BCUT2D eigenvalue weighted by Gasteiger charge is -2.32. The summed E-state index contributed by atoms with van der Waals surface area (Å²) < 4.78 is 156. The highest BCUT2D eigenvalue weighted by Gasteiger charge is 2.56. The summed E-state index contributed by atoms with van der Waals surface area (Å²) in [7, 11) is -2.87. The van der Waals surface area contributed by atoms with Gasteiger partial charge in [-0.1, -0.05) is 198 Å². The molecule has 490 valence electrons. The van der Waals surface area contributed by atoms with Gasteiger partial charge in [0, 0.05) is 0 Å². The molecule has 94 heavy (non-hydrogen) atoms. The Morgan fingerprint density at radius 2 is 0.596 bits per heavy atom. The Kier molecular flexibility index (Phi) is 15.5. The van der Waals surface area contributed by atoms with Crippen LogP contribution in [0.15, 0.2) is 182 Å². The third-order valence-electron chi connectivity index (χ3n) is 20.8. The minimum Gasteiger partial charge on any atom is -0.399 e. The van der Waals surface area contributed by atoms with Crippen molar-refractivity contribution in [2.24, 2.45) is 0 Å². The highest BCUT2D eigenvalue weighted by atomic mass is 16.7. The van der Waals surface area contributed by atoms with Crippen LogP contribution in [0.25, 0.3) is 43.1 Å². The minimum absolute atomic E-state index is 0.000463. The summed E-state index contributed by atoms with van der Waals surface area (Å²) in [5.74, 6) is 0. The molecule has 5 aliphatic heterocycles. The van der Waals surface area contributed by atoms with E-state index in [1.54, 1.807) is 0 Å². The van der Waals surface area contributed by atoms with E-state index in [2.05, 4.69) is 213 Å². The maximum Gasteiger partial charge on any atom is 0.495 e. The van der Waals surface area contributed by atoms with Crippen molar-refractivity contribution < 1.29 is 63.0 Å². The number of benzene rings is 9. The molecule has 0 radical (unpaired) electrons. The predicted molar refractivity (Wildman–Crippen MR) is 395 cm³/mol. The molecule has 14 rings (SSSR count). The fourth-order valence-electron chi connectivity index (χ4n) is 11.2. The third kappa shape index (κ3) is 14.2. The van der Waals surface area contributed by atoms with Crippen molar-refractivity contribution in [2.45, 2.75) is 215 Å². The van der Waals surface area contributed by atoms with E-state index in [0.717, 1.165) is 10.9 Å². The second kappa shape index (κ2) is 26.1. The zero-order valence-electron chi connectivity index (χ0n) is 71.4. The SMILES string of the molecule is CC1(C)OB(c2ccc3c4ccccc4c4ccccc4c3c2)OC1(C)C.Cc1ccc(B2OC(C)(C)C(C)(C)O2)cc1.Cc1cccc(C)c1B1OC(C)(C)C(C)(C)O1.[2H]c1c([2H])c([2H])c(B2OC(C)(C)C(C)(C)O2)c([2H])c1[2H].[2H]c1c([2H])c([2H])c2c(B3OC(C)(C)C(C)(C)O3)c([2H])c([2H])c([2H])c2c1[2H]. The Balaban J connectivity index is 0.000000144. The summed E-state index contributed by atoms with van der Waals surface area (Å²) in [5.41, 5.74) is 2.72. The molecule has 0 aromatic heterocycles. The van der Waals surface area contributed by atoms with Crippen LogP contribution in [-0.2, 0) is 46.5 Å². The summed E-state index contributed by atoms with van der Waals surface area (Å²) in [4.78, 5) is 0. The predicted octanol–water partition coefficient (Wildman–Crippen LogP) is 15.5. The van der Waals surface area contributed by atoms with Crippen molar-refractivity contribution in [1.29, 1.82) is 0 Å². The number of hydrogen-bond donors (Lipinski definition) is 0. The first-order valence-electron chi connectivity index (χ1n) is 38.5. The maximum atomic E-state index is 8.31. The molecule has 0 atom stereocenters. The first-order chi connectivity index (χ1) is 48.7. The highest BCUT2D eigenvalue weighted by Crippen LogP contribution is 2.42. The van der Waals surface area contributed by atoms with E-state index in [1.807, 2.05) is 55.4 Å². The van der Waals surface area contributed by atoms with E-state index < -0.39 is 72.9 Å². The normalized spacial score (nSPS) is 22.8. The Labute approximate surface area is 580 Å². The molecule has 5 saturated heterocycles. The van der Waals surface area contributed by atoms with Crippen LogP contribution in [0.1, 0.15) is 172 Å². The number of hydrogen-bond acceptors (Lipinski definition) is 10. The van der Waals surface area contributed by atoms with Gasteiger partial charge in [0.1, 0.15) is 0 Å².